The molecule has 0 amide bonds. The maximum atomic E-state index is 12.5. The first kappa shape index (κ1) is 14.3. The molecule has 0 heterocycles. The molecule has 0 saturated heterocycles. The fourth-order valence-electron chi connectivity index (χ4n) is 2.95. The summed E-state index contributed by atoms with van der Waals surface area (Å²) in [6.07, 6.45) is 3.52. The summed E-state index contributed by atoms with van der Waals surface area (Å²) in [5, 5.41) is 0. The second-order valence-electron chi connectivity index (χ2n) is 6.41. The third kappa shape index (κ3) is 2.89. The molecule has 1 aliphatic carbocycles. The van der Waals surface area contributed by atoms with E-state index in [0.717, 1.165) is 24.8 Å². The van der Waals surface area contributed by atoms with Crippen LogP contribution in [0.5, 0.6) is 0 Å². The van der Waals surface area contributed by atoms with Gasteiger partial charge < -0.3 is 5.73 Å². The highest BCUT2D eigenvalue weighted by atomic mass is 16.1. The molecule has 2 unspecified atom stereocenters. The molecule has 2 rings (SSSR count). The molecule has 0 radical (unpaired) electrons. The fraction of sp³-hybridized carbons (Fsp3) is 0.588. The van der Waals surface area contributed by atoms with Crippen molar-refractivity contribution < 1.29 is 4.79 Å². The quantitative estimate of drug-likeness (QED) is 0.900. The van der Waals surface area contributed by atoms with Gasteiger partial charge in [0.15, 0.2) is 0 Å². The van der Waals surface area contributed by atoms with Crippen LogP contribution >= 0.6 is 0 Å². The minimum atomic E-state index is -0.309. The monoisotopic (exact) mass is 259 g/mol. The van der Waals surface area contributed by atoms with Gasteiger partial charge in [-0.3, -0.25) is 4.79 Å². The third-order valence-electron chi connectivity index (χ3n) is 4.68. The van der Waals surface area contributed by atoms with E-state index in [1.54, 1.807) is 0 Å². The Kier molecular flexibility index (Phi) is 4.10. The number of carbonyl (C=O) groups is 1. The van der Waals surface area contributed by atoms with E-state index in [0.29, 0.717) is 18.1 Å². The largest absolute Gasteiger partial charge is 0.327 e. The molecule has 1 aromatic rings. The summed E-state index contributed by atoms with van der Waals surface area (Å²) < 4.78 is 0. The molecular weight excluding hydrogens is 234 g/mol. The van der Waals surface area contributed by atoms with Gasteiger partial charge in [0.05, 0.1) is 0 Å². The number of benzene rings is 1. The molecule has 104 valence electrons. The van der Waals surface area contributed by atoms with Crippen molar-refractivity contribution in [3.05, 3.63) is 35.4 Å². The van der Waals surface area contributed by atoms with E-state index in [-0.39, 0.29) is 11.5 Å². The van der Waals surface area contributed by atoms with Crippen molar-refractivity contribution in [2.45, 2.75) is 58.4 Å². The van der Waals surface area contributed by atoms with E-state index in [4.69, 9.17) is 5.73 Å². The zero-order valence-corrected chi connectivity index (χ0v) is 12.3. The highest BCUT2D eigenvalue weighted by Crippen LogP contribution is 2.38. The SMILES string of the molecule is CC(C)c1ccc(CC(=O)C2(C)CCCC2N)cc1. The molecule has 0 spiro atoms. The van der Waals surface area contributed by atoms with Crippen LogP contribution in [-0.4, -0.2) is 11.8 Å². The Morgan fingerprint density at radius 3 is 2.47 bits per heavy atom. The van der Waals surface area contributed by atoms with Gasteiger partial charge in [0, 0.05) is 17.9 Å². The zero-order chi connectivity index (χ0) is 14.0. The van der Waals surface area contributed by atoms with Gasteiger partial charge in [0.1, 0.15) is 5.78 Å². The lowest BCUT2D eigenvalue weighted by Gasteiger charge is -2.27. The second kappa shape index (κ2) is 5.46. The fourth-order valence-corrected chi connectivity index (χ4v) is 2.95. The molecule has 2 atom stereocenters. The van der Waals surface area contributed by atoms with Crippen molar-refractivity contribution in [2.75, 3.05) is 0 Å². The Hall–Kier alpha value is -1.15. The molecule has 1 fully saturated rings. The summed E-state index contributed by atoms with van der Waals surface area (Å²) in [4.78, 5) is 12.5. The lowest BCUT2D eigenvalue weighted by atomic mass is 9.78. The Labute approximate surface area is 116 Å². The van der Waals surface area contributed by atoms with Gasteiger partial charge in [0.25, 0.3) is 0 Å². The van der Waals surface area contributed by atoms with Crippen LogP contribution in [0.4, 0.5) is 0 Å². The molecule has 0 aliphatic heterocycles. The molecular formula is C17H25NO. The molecule has 1 aromatic carbocycles. The Balaban J connectivity index is 2.06. The van der Waals surface area contributed by atoms with Crippen LogP contribution in [0.25, 0.3) is 0 Å². The number of carbonyl (C=O) groups excluding carboxylic acids is 1. The topological polar surface area (TPSA) is 43.1 Å². The van der Waals surface area contributed by atoms with Gasteiger partial charge in [0.2, 0.25) is 0 Å². The number of hydrogen-bond donors (Lipinski definition) is 1. The smallest absolute Gasteiger partial charge is 0.144 e. The molecule has 2 nitrogen and oxygen atoms in total. The summed E-state index contributed by atoms with van der Waals surface area (Å²) >= 11 is 0. The summed E-state index contributed by atoms with van der Waals surface area (Å²) in [6.45, 7) is 6.40. The first-order chi connectivity index (χ1) is 8.93. The molecule has 2 heteroatoms. The van der Waals surface area contributed by atoms with E-state index in [2.05, 4.69) is 38.1 Å². The first-order valence-corrected chi connectivity index (χ1v) is 7.31. The van der Waals surface area contributed by atoms with Crippen molar-refractivity contribution in [1.82, 2.24) is 0 Å². The number of rotatable bonds is 4. The van der Waals surface area contributed by atoms with Gasteiger partial charge in [-0.1, -0.05) is 51.5 Å². The maximum absolute atomic E-state index is 12.5. The average molecular weight is 259 g/mol. The zero-order valence-electron chi connectivity index (χ0n) is 12.3. The Bertz CT molecular complexity index is 449. The minimum Gasteiger partial charge on any atom is -0.327 e. The summed E-state index contributed by atoms with van der Waals surface area (Å²) in [5.41, 5.74) is 8.23. The first-order valence-electron chi connectivity index (χ1n) is 7.31. The van der Waals surface area contributed by atoms with E-state index < -0.39 is 0 Å². The van der Waals surface area contributed by atoms with Crippen LogP contribution in [0.3, 0.4) is 0 Å². The van der Waals surface area contributed by atoms with Crippen LogP contribution in [-0.2, 0) is 11.2 Å². The van der Waals surface area contributed by atoms with E-state index in [1.165, 1.54) is 5.56 Å². The number of hydrogen-bond acceptors (Lipinski definition) is 2. The van der Waals surface area contributed by atoms with Crippen LogP contribution in [0.15, 0.2) is 24.3 Å². The molecule has 19 heavy (non-hydrogen) atoms. The van der Waals surface area contributed by atoms with Crippen molar-refractivity contribution in [3.8, 4) is 0 Å². The summed E-state index contributed by atoms with van der Waals surface area (Å²) in [5.74, 6) is 0.834. The van der Waals surface area contributed by atoms with Gasteiger partial charge in [-0.25, -0.2) is 0 Å². The predicted octanol–water partition coefficient (Wildman–Crippen LogP) is 3.44. The van der Waals surface area contributed by atoms with Crippen LogP contribution in [0.1, 0.15) is 57.1 Å². The molecule has 0 aromatic heterocycles. The van der Waals surface area contributed by atoms with Crippen molar-refractivity contribution in [3.63, 3.8) is 0 Å². The Morgan fingerprint density at radius 1 is 1.37 bits per heavy atom. The average Bonchev–Trinajstić information content (AvgIpc) is 2.71. The second-order valence-corrected chi connectivity index (χ2v) is 6.41. The van der Waals surface area contributed by atoms with E-state index in [9.17, 15) is 4.79 Å². The molecule has 1 saturated carbocycles. The number of Topliss-reactive ketones (excluding diaryl/α,β-unsaturated/α-hetero) is 1. The number of ketones is 1. The molecule has 2 N–H and O–H groups in total. The minimum absolute atomic E-state index is 0.0370. The van der Waals surface area contributed by atoms with E-state index in [1.807, 2.05) is 6.92 Å². The molecule has 0 bridgehead atoms. The maximum Gasteiger partial charge on any atom is 0.144 e. The van der Waals surface area contributed by atoms with Gasteiger partial charge in [-0.15, -0.1) is 0 Å². The summed E-state index contributed by atoms with van der Waals surface area (Å²) in [6, 6.07) is 8.46. The highest BCUT2D eigenvalue weighted by molar-refractivity contribution is 5.87. The normalized spacial score (nSPS) is 26.9. The van der Waals surface area contributed by atoms with Crippen LogP contribution < -0.4 is 5.73 Å². The van der Waals surface area contributed by atoms with Crippen LogP contribution in [0, 0.1) is 5.41 Å². The summed E-state index contributed by atoms with van der Waals surface area (Å²) in [7, 11) is 0. The van der Waals surface area contributed by atoms with Gasteiger partial charge in [-0.2, -0.15) is 0 Å². The third-order valence-corrected chi connectivity index (χ3v) is 4.68. The van der Waals surface area contributed by atoms with Crippen molar-refractivity contribution in [1.29, 1.82) is 0 Å². The van der Waals surface area contributed by atoms with Crippen molar-refractivity contribution in [2.24, 2.45) is 11.1 Å². The predicted molar refractivity (Wildman–Crippen MR) is 79.2 cm³/mol. The standard InChI is InChI=1S/C17H25NO/c1-12(2)14-8-6-13(7-9-14)11-16(19)17(3)10-4-5-15(17)18/h6-9,12,15H,4-5,10-11,18H2,1-3H3. The van der Waals surface area contributed by atoms with Crippen LogP contribution in [0.2, 0.25) is 0 Å². The van der Waals surface area contributed by atoms with E-state index >= 15 is 0 Å². The molecule has 1 aliphatic rings. The number of nitrogens with two attached hydrogens (primary N) is 1. The lowest BCUT2D eigenvalue weighted by Crippen LogP contribution is -2.41. The lowest BCUT2D eigenvalue weighted by molar-refractivity contribution is -0.127. The van der Waals surface area contributed by atoms with Gasteiger partial charge in [-0.05, 0) is 29.9 Å². The highest BCUT2D eigenvalue weighted by Gasteiger charge is 2.42. The van der Waals surface area contributed by atoms with Crippen molar-refractivity contribution >= 4 is 5.78 Å². The Morgan fingerprint density at radius 2 is 2.00 bits per heavy atom. The van der Waals surface area contributed by atoms with Gasteiger partial charge >= 0.3 is 0 Å².